The molecule has 0 radical (unpaired) electrons. The monoisotopic (exact) mass is 391 g/mol. The zero-order valence-electron chi connectivity index (χ0n) is 9.87. The average molecular weight is 391 g/mol. The molecule has 0 unspecified atom stereocenters. The Bertz CT molecular complexity index is 612. The second-order valence-electron chi connectivity index (χ2n) is 3.79. The van der Waals surface area contributed by atoms with Crippen LogP contribution in [-0.2, 0) is 0 Å². The van der Waals surface area contributed by atoms with Crippen LogP contribution in [0.4, 0.5) is 5.69 Å². The molecule has 0 aliphatic heterocycles. The third-order valence-electron chi connectivity index (χ3n) is 2.35. The first kappa shape index (κ1) is 14.2. The topological polar surface area (TPSA) is 72.6 Å². The van der Waals surface area contributed by atoms with Crippen LogP contribution in [0.25, 0.3) is 0 Å². The molecule has 2 rings (SSSR count). The predicted octanol–water partition coefficient (Wildman–Crippen LogP) is 4.11. The number of aliphatic hydroxyl groups excluding tert-OH is 1. The van der Waals surface area contributed by atoms with Crippen LogP contribution in [0, 0.1) is 13.7 Å². The average Bonchev–Trinajstić information content (AvgIpc) is 2.76. The van der Waals surface area contributed by atoms with Gasteiger partial charge >= 0.3 is 5.69 Å². The van der Waals surface area contributed by atoms with Crippen LogP contribution in [0.5, 0.6) is 10.8 Å². The van der Waals surface area contributed by atoms with Gasteiger partial charge in [0.05, 0.1) is 14.6 Å². The van der Waals surface area contributed by atoms with Crippen molar-refractivity contribution in [2.75, 3.05) is 0 Å². The zero-order valence-corrected chi connectivity index (χ0v) is 12.8. The van der Waals surface area contributed by atoms with E-state index in [-0.39, 0.29) is 10.8 Å². The van der Waals surface area contributed by atoms with E-state index in [0.29, 0.717) is 10.6 Å². The molecule has 100 valence electrons. The molecular formula is C12H10INO4S. The fourth-order valence-electron chi connectivity index (χ4n) is 1.42. The number of ether oxygens (including phenoxy) is 1. The van der Waals surface area contributed by atoms with Gasteiger partial charge < -0.3 is 9.84 Å². The first-order valence-electron chi connectivity index (χ1n) is 5.37. The number of benzene rings is 1. The van der Waals surface area contributed by atoms with Crippen molar-refractivity contribution in [2.24, 2.45) is 0 Å². The Labute approximate surface area is 127 Å². The Kier molecular flexibility index (Phi) is 4.38. The molecule has 0 saturated heterocycles. The summed E-state index contributed by atoms with van der Waals surface area (Å²) >= 11 is 3.18. The molecule has 2 aromatic rings. The summed E-state index contributed by atoms with van der Waals surface area (Å²) in [5, 5.41) is 20.7. The minimum atomic E-state index is -0.754. The minimum absolute atomic E-state index is 0.124. The van der Waals surface area contributed by atoms with Gasteiger partial charge in [-0.25, -0.2) is 0 Å². The van der Waals surface area contributed by atoms with Gasteiger partial charge in [0, 0.05) is 10.9 Å². The van der Waals surface area contributed by atoms with Gasteiger partial charge in [0.25, 0.3) is 5.06 Å². The number of para-hydroxylation sites is 1. The van der Waals surface area contributed by atoms with Crippen LogP contribution >= 0.6 is 33.9 Å². The molecule has 1 N–H and O–H groups in total. The van der Waals surface area contributed by atoms with Crippen molar-refractivity contribution >= 4 is 39.6 Å². The van der Waals surface area contributed by atoms with Gasteiger partial charge in [-0.15, -0.1) is 0 Å². The molecule has 0 spiro atoms. The quantitative estimate of drug-likeness (QED) is 0.484. The predicted molar refractivity (Wildman–Crippen MR) is 80.8 cm³/mol. The smallest absolute Gasteiger partial charge is 0.323 e. The Balaban J connectivity index is 2.39. The van der Waals surface area contributed by atoms with Gasteiger partial charge in [-0.3, -0.25) is 10.1 Å². The molecule has 0 fully saturated rings. The number of nitro groups is 1. The molecular weight excluding hydrogens is 381 g/mol. The summed E-state index contributed by atoms with van der Waals surface area (Å²) in [6.07, 6.45) is -0.754. The van der Waals surface area contributed by atoms with Gasteiger partial charge in [0.2, 0.25) is 0 Å². The highest BCUT2D eigenvalue weighted by molar-refractivity contribution is 14.1. The summed E-state index contributed by atoms with van der Waals surface area (Å²) in [7, 11) is 0. The lowest BCUT2D eigenvalue weighted by Crippen LogP contribution is -1.90. The maximum atomic E-state index is 11.0. The van der Waals surface area contributed by atoms with Crippen LogP contribution < -0.4 is 4.74 Å². The molecule has 0 bridgehead atoms. The fraction of sp³-hybridized carbons (Fsp3) is 0.167. The number of halogens is 1. The van der Waals surface area contributed by atoms with Gasteiger partial charge in [-0.2, -0.15) is 0 Å². The molecule has 1 atom stereocenters. The Morgan fingerprint density at radius 2 is 2.16 bits per heavy atom. The van der Waals surface area contributed by atoms with Crippen LogP contribution in [0.15, 0.2) is 30.3 Å². The highest BCUT2D eigenvalue weighted by Crippen LogP contribution is 2.42. The van der Waals surface area contributed by atoms with Crippen LogP contribution in [0.2, 0.25) is 0 Å². The SMILES string of the molecule is C[C@@H](O)c1cc([N+](=O)[O-])c(Oc2ccccc2I)s1. The molecule has 1 aromatic heterocycles. The summed E-state index contributed by atoms with van der Waals surface area (Å²) in [5.74, 6) is 0.560. The largest absolute Gasteiger partial charge is 0.439 e. The van der Waals surface area contributed by atoms with E-state index in [1.165, 1.54) is 6.07 Å². The summed E-state index contributed by atoms with van der Waals surface area (Å²) in [4.78, 5) is 11.0. The fourth-order valence-corrected chi connectivity index (χ4v) is 2.84. The third-order valence-corrected chi connectivity index (χ3v) is 4.41. The van der Waals surface area contributed by atoms with Gasteiger partial charge in [0.1, 0.15) is 5.75 Å². The molecule has 0 aliphatic rings. The molecule has 7 heteroatoms. The van der Waals surface area contributed by atoms with E-state index in [4.69, 9.17) is 4.74 Å². The van der Waals surface area contributed by atoms with Crippen molar-refractivity contribution in [2.45, 2.75) is 13.0 Å². The van der Waals surface area contributed by atoms with E-state index < -0.39 is 11.0 Å². The number of hydrogen-bond donors (Lipinski definition) is 1. The van der Waals surface area contributed by atoms with Crippen molar-refractivity contribution in [3.8, 4) is 10.8 Å². The highest BCUT2D eigenvalue weighted by Gasteiger charge is 2.23. The number of rotatable bonds is 4. The van der Waals surface area contributed by atoms with Crippen molar-refractivity contribution in [3.63, 3.8) is 0 Å². The Morgan fingerprint density at radius 1 is 1.47 bits per heavy atom. The molecule has 0 aliphatic carbocycles. The standard InChI is InChI=1S/C12H10INO4S/c1-7(15)11-6-9(14(16)17)12(19-11)18-10-5-3-2-4-8(10)13/h2-7,15H,1H3/t7-/m1/s1. The van der Waals surface area contributed by atoms with E-state index in [0.717, 1.165) is 14.9 Å². The van der Waals surface area contributed by atoms with Gasteiger partial charge in [-0.1, -0.05) is 23.5 Å². The van der Waals surface area contributed by atoms with Crippen LogP contribution in [0.3, 0.4) is 0 Å². The summed E-state index contributed by atoms with van der Waals surface area (Å²) in [6.45, 7) is 1.56. The maximum absolute atomic E-state index is 11.0. The van der Waals surface area contributed by atoms with E-state index in [1.807, 2.05) is 12.1 Å². The second-order valence-corrected chi connectivity index (χ2v) is 6.00. The second kappa shape index (κ2) is 5.85. The van der Waals surface area contributed by atoms with Crippen LogP contribution in [-0.4, -0.2) is 10.0 Å². The molecule has 19 heavy (non-hydrogen) atoms. The van der Waals surface area contributed by atoms with Crippen molar-refractivity contribution in [3.05, 3.63) is 48.9 Å². The van der Waals surface area contributed by atoms with Gasteiger partial charge in [-0.05, 0) is 41.6 Å². The molecule has 0 amide bonds. The van der Waals surface area contributed by atoms with Crippen molar-refractivity contribution in [1.82, 2.24) is 0 Å². The van der Waals surface area contributed by atoms with E-state index >= 15 is 0 Å². The highest BCUT2D eigenvalue weighted by atomic mass is 127. The first-order valence-corrected chi connectivity index (χ1v) is 7.27. The normalized spacial score (nSPS) is 12.2. The lowest BCUT2D eigenvalue weighted by Gasteiger charge is -2.04. The number of nitrogens with zero attached hydrogens (tertiary/aromatic N) is 1. The lowest BCUT2D eigenvalue weighted by atomic mass is 10.3. The first-order chi connectivity index (χ1) is 8.99. The molecule has 0 saturated carbocycles. The van der Waals surface area contributed by atoms with Crippen molar-refractivity contribution < 1.29 is 14.8 Å². The third kappa shape index (κ3) is 3.23. The van der Waals surface area contributed by atoms with Crippen molar-refractivity contribution in [1.29, 1.82) is 0 Å². The molecule has 1 heterocycles. The summed E-state index contributed by atoms with van der Waals surface area (Å²) in [5.41, 5.74) is -0.124. The zero-order chi connectivity index (χ0) is 14.0. The number of hydrogen-bond acceptors (Lipinski definition) is 5. The Morgan fingerprint density at radius 3 is 2.74 bits per heavy atom. The van der Waals surface area contributed by atoms with Crippen LogP contribution in [0.1, 0.15) is 17.9 Å². The van der Waals surface area contributed by atoms with E-state index in [1.54, 1.807) is 19.1 Å². The lowest BCUT2D eigenvalue weighted by molar-refractivity contribution is -0.385. The Hall–Kier alpha value is -1.19. The number of thiophene rings is 1. The van der Waals surface area contributed by atoms with E-state index in [9.17, 15) is 15.2 Å². The summed E-state index contributed by atoms with van der Waals surface area (Å²) in [6, 6.07) is 8.60. The maximum Gasteiger partial charge on any atom is 0.323 e. The number of aliphatic hydroxyl groups is 1. The van der Waals surface area contributed by atoms with E-state index in [2.05, 4.69) is 22.6 Å². The van der Waals surface area contributed by atoms with Gasteiger partial charge in [0.15, 0.2) is 0 Å². The molecule has 5 nitrogen and oxygen atoms in total. The summed E-state index contributed by atoms with van der Waals surface area (Å²) < 4.78 is 6.45. The molecule has 1 aromatic carbocycles. The minimum Gasteiger partial charge on any atom is -0.439 e.